The Morgan fingerprint density at radius 2 is 1.88 bits per heavy atom. The Morgan fingerprint density at radius 3 is 2.65 bits per heavy atom. The molecule has 1 aromatic heterocycles. The van der Waals surface area contributed by atoms with Gasteiger partial charge in [-0.3, -0.25) is 4.79 Å². The van der Waals surface area contributed by atoms with E-state index in [1.165, 1.54) is 5.69 Å². The Morgan fingerprint density at radius 1 is 1.12 bits per heavy atom. The third kappa shape index (κ3) is 1.60. The van der Waals surface area contributed by atoms with Gasteiger partial charge < -0.3 is 4.57 Å². The van der Waals surface area contributed by atoms with Crippen LogP contribution >= 0.6 is 0 Å². The second kappa shape index (κ2) is 3.88. The average Bonchev–Trinajstić information content (AvgIpc) is 2.68. The number of rotatable bonds is 1. The van der Waals surface area contributed by atoms with E-state index < -0.39 is 0 Å². The van der Waals surface area contributed by atoms with Crippen LogP contribution in [0.2, 0.25) is 0 Å². The maximum atomic E-state index is 11.9. The van der Waals surface area contributed by atoms with Crippen LogP contribution in [0, 0.1) is 6.92 Å². The number of ketones is 1. The molecule has 0 fully saturated rings. The monoisotopic (exact) mass is 225 g/mol. The fourth-order valence-corrected chi connectivity index (χ4v) is 2.67. The van der Waals surface area contributed by atoms with Crippen LogP contribution in [0.5, 0.6) is 0 Å². The summed E-state index contributed by atoms with van der Waals surface area (Å²) in [5.41, 5.74) is 4.42. The summed E-state index contributed by atoms with van der Waals surface area (Å²) in [4.78, 5) is 11.9. The van der Waals surface area contributed by atoms with Gasteiger partial charge in [-0.2, -0.15) is 0 Å². The van der Waals surface area contributed by atoms with Gasteiger partial charge in [0.25, 0.3) is 0 Å². The molecular weight excluding hydrogens is 210 g/mol. The number of fused-ring (bicyclic) bond motifs is 1. The molecule has 3 rings (SSSR count). The van der Waals surface area contributed by atoms with Crippen molar-refractivity contribution in [1.82, 2.24) is 4.57 Å². The van der Waals surface area contributed by atoms with Crippen molar-refractivity contribution < 1.29 is 4.79 Å². The molecule has 0 bridgehead atoms. The molecule has 2 aromatic rings. The molecule has 2 heteroatoms. The lowest BCUT2D eigenvalue weighted by Gasteiger charge is -2.15. The first-order valence-electron chi connectivity index (χ1n) is 6.07. The van der Waals surface area contributed by atoms with Crippen LogP contribution in [0.3, 0.4) is 0 Å². The van der Waals surface area contributed by atoms with Crippen molar-refractivity contribution in [3.63, 3.8) is 0 Å². The summed E-state index contributed by atoms with van der Waals surface area (Å²) in [5.74, 6) is 0.295. The third-order valence-corrected chi connectivity index (χ3v) is 3.42. The lowest BCUT2D eigenvalue weighted by Crippen LogP contribution is -2.12. The van der Waals surface area contributed by atoms with Gasteiger partial charge in [-0.25, -0.2) is 0 Å². The highest BCUT2D eigenvalue weighted by atomic mass is 16.1. The highest BCUT2D eigenvalue weighted by Gasteiger charge is 2.22. The van der Waals surface area contributed by atoms with E-state index in [1.807, 2.05) is 24.3 Å². The summed E-state index contributed by atoms with van der Waals surface area (Å²) in [7, 11) is 0. The Bertz CT molecular complexity index is 566. The molecule has 1 aliphatic rings. The fourth-order valence-electron chi connectivity index (χ4n) is 2.67. The second-order valence-electron chi connectivity index (χ2n) is 4.59. The largest absolute Gasteiger partial charge is 0.317 e. The Hall–Kier alpha value is -1.83. The van der Waals surface area contributed by atoms with E-state index in [9.17, 15) is 4.79 Å². The summed E-state index contributed by atoms with van der Waals surface area (Å²) in [5, 5.41) is 0. The zero-order valence-electron chi connectivity index (χ0n) is 9.94. The molecule has 0 amide bonds. The summed E-state index contributed by atoms with van der Waals surface area (Å²) in [6.07, 6.45) is 2.68. The predicted octanol–water partition coefficient (Wildman–Crippen LogP) is 3.30. The minimum atomic E-state index is 0.295. The Kier molecular flexibility index (Phi) is 2.36. The maximum Gasteiger partial charge on any atom is 0.164 e. The van der Waals surface area contributed by atoms with Gasteiger partial charge in [-0.1, -0.05) is 18.2 Å². The maximum absolute atomic E-state index is 11.9. The Balaban J connectivity index is 2.21. The van der Waals surface area contributed by atoms with Crippen LogP contribution in [-0.2, 0) is 6.42 Å². The van der Waals surface area contributed by atoms with E-state index in [-0.39, 0.29) is 0 Å². The molecule has 0 aliphatic heterocycles. The first-order chi connectivity index (χ1) is 8.27. The molecular formula is C15H15NO. The minimum absolute atomic E-state index is 0.295. The third-order valence-electron chi connectivity index (χ3n) is 3.42. The highest BCUT2D eigenvalue weighted by molar-refractivity contribution is 5.98. The highest BCUT2D eigenvalue weighted by Crippen LogP contribution is 2.27. The first-order valence-corrected chi connectivity index (χ1v) is 6.07. The molecule has 17 heavy (non-hydrogen) atoms. The van der Waals surface area contributed by atoms with Crippen LogP contribution in [0.1, 0.15) is 34.6 Å². The normalized spacial score (nSPS) is 14.8. The van der Waals surface area contributed by atoms with Crippen molar-refractivity contribution in [3.05, 3.63) is 53.3 Å². The SMILES string of the molecule is Cc1cc2c(n1-c1ccccc1)CCCC2=O. The van der Waals surface area contributed by atoms with Crippen molar-refractivity contribution in [3.8, 4) is 5.69 Å². The Labute approximate surface area is 101 Å². The van der Waals surface area contributed by atoms with Crippen molar-refractivity contribution in [2.75, 3.05) is 0 Å². The van der Waals surface area contributed by atoms with E-state index in [2.05, 4.69) is 23.6 Å². The lowest BCUT2D eigenvalue weighted by molar-refractivity contribution is 0.0972. The standard InChI is InChI=1S/C15H15NO/c1-11-10-13-14(8-5-9-15(13)17)16(11)12-6-3-2-4-7-12/h2-4,6-7,10H,5,8-9H2,1H3. The molecule has 1 aliphatic carbocycles. The van der Waals surface area contributed by atoms with E-state index in [4.69, 9.17) is 0 Å². The molecule has 0 saturated carbocycles. The molecule has 0 radical (unpaired) electrons. The predicted molar refractivity (Wildman–Crippen MR) is 67.8 cm³/mol. The van der Waals surface area contributed by atoms with Crippen LogP contribution in [0.25, 0.3) is 5.69 Å². The summed E-state index contributed by atoms with van der Waals surface area (Å²) in [6, 6.07) is 12.3. The smallest absolute Gasteiger partial charge is 0.164 e. The molecule has 1 aromatic carbocycles. The molecule has 86 valence electrons. The molecule has 0 N–H and O–H groups in total. The number of benzene rings is 1. The van der Waals surface area contributed by atoms with Crippen LogP contribution < -0.4 is 0 Å². The number of nitrogens with zero attached hydrogens (tertiary/aromatic N) is 1. The zero-order chi connectivity index (χ0) is 11.8. The summed E-state index contributed by atoms with van der Waals surface area (Å²) < 4.78 is 2.21. The van der Waals surface area contributed by atoms with E-state index in [0.29, 0.717) is 12.2 Å². The fraction of sp³-hybridized carbons (Fsp3) is 0.267. The number of carbonyl (C=O) groups is 1. The van der Waals surface area contributed by atoms with E-state index >= 15 is 0 Å². The molecule has 0 spiro atoms. The number of aromatic nitrogens is 1. The van der Waals surface area contributed by atoms with Crippen molar-refractivity contribution >= 4 is 5.78 Å². The van der Waals surface area contributed by atoms with Crippen molar-refractivity contribution in [1.29, 1.82) is 0 Å². The number of hydrogen-bond acceptors (Lipinski definition) is 1. The quantitative estimate of drug-likeness (QED) is 0.729. The number of carbonyl (C=O) groups excluding carboxylic acids is 1. The molecule has 0 unspecified atom stereocenters. The van der Waals surface area contributed by atoms with Crippen LogP contribution in [0.4, 0.5) is 0 Å². The van der Waals surface area contributed by atoms with Crippen LogP contribution in [-0.4, -0.2) is 10.4 Å². The van der Waals surface area contributed by atoms with Gasteiger partial charge in [0.1, 0.15) is 0 Å². The van der Waals surface area contributed by atoms with Gasteiger partial charge in [-0.05, 0) is 38.0 Å². The molecule has 0 saturated heterocycles. The van der Waals surface area contributed by atoms with Crippen LogP contribution in [0.15, 0.2) is 36.4 Å². The number of aryl methyl sites for hydroxylation is 1. The van der Waals surface area contributed by atoms with E-state index in [0.717, 1.165) is 29.8 Å². The number of hydrogen-bond donors (Lipinski definition) is 0. The summed E-state index contributed by atoms with van der Waals surface area (Å²) in [6.45, 7) is 2.07. The number of para-hydroxylation sites is 1. The molecule has 1 heterocycles. The van der Waals surface area contributed by atoms with Gasteiger partial charge in [-0.15, -0.1) is 0 Å². The van der Waals surface area contributed by atoms with Gasteiger partial charge in [0.05, 0.1) is 0 Å². The molecule has 0 atom stereocenters. The van der Waals surface area contributed by atoms with Gasteiger partial charge in [0.2, 0.25) is 0 Å². The topological polar surface area (TPSA) is 22.0 Å². The average molecular weight is 225 g/mol. The lowest BCUT2D eigenvalue weighted by atomic mass is 9.96. The summed E-state index contributed by atoms with van der Waals surface area (Å²) >= 11 is 0. The van der Waals surface area contributed by atoms with Gasteiger partial charge in [0, 0.05) is 29.1 Å². The van der Waals surface area contributed by atoms with Crippen molar-refractivity contribution in [2.45, 2.75) is 26.2 Å². The van der Waals surface area contributed by atoms with E-state index in [1.54, 1.807) is 0 Å². The minimum Gasteiger partial charge on any atom is -0.317 e. The second-order valence-corrected chi connectivity index (χ2v) is 4.59. The molecule has 2 nitrogen and oxygen atoms in total. The number of Topliss-reactive ketones (excluding diaryl/α,β-unsaturated/α-hetero) is 1. The van der Waals surface area contributed by atoms with Gasteiger partial charge >= 0.3 is 0 Å². The first kappa shape index (κ1) is 10.3. The van der Waals surface area contributed by atoms with Crippen molar-refractivity contribution in [2.24, 2.45) is 0 Å². The zero-order valence-corrected chi connectivity index (χ0v) is 9.94. The van der Waals surface area contributed by atoms with Gasteiger partial charge in [0.15, 0.2) is 5.78 Å².